The summed E-state index contributed by atoms with van der Waals surface area (Å²) in [6.07, 6.45) is 0.949. The number of likely N-dealkylation sites (tertiary alicyclic amines) is 1. The molecule has 0 saturated carbocycles. The molecule has 5 rings (SSSR count). The zero-order valence-electron chi connectivity index (χ0n) is 19.1. The molecular formula is C27H23F2N3O2S. The van der Waals surface area contributed by atoms with E-state index >= 15 is 0 Å². The number of carbonyl (C=O) groups excluding carboxylic acids is 2. The van der Waals surface area contributed by atoms with Crippen LogP contribution in [0.1, 0.15) is 44.3 Å². The Hall–Kier alpha value is -3.52. The van der Waals surface area contributed by atoms with Crippen molar-refractivity contribution in [2.45, 2.75) is 38.2 Å². The Labute approximate surface area is 205 Å². The summed E-state index contributed by atoms with van der Waals surface area (Å²) in [5.41, 5.74) is 2.23. The number of ketones is 1. The molecule has 1 atom stereocenters. The normalized spacial score (nSPS) is 17.1. The Kier molecular flexibility index (Phi) is 6.15. The number of hydrogen-bond acceptors (Lipinski definition) is 5. The number of hydrogen-bond donors (Lipinski definition) is 0. The van der Waals surface area contributed by atoms with Gasteiger partial charge in [0.15, 0.2) is 5.78 Å². The summed E-state index contributed by atoms with van der Waals surface area (Å²) in [5, 5.41) is 1.50. The van der Waals surface area contributed by atoms with Crippen LogP contribution in [0, 0.1) is 6.92 Å². The number of benzene rings is 2. The standard InChI is InChI=1S/C27H23F2N3O2S/c1-17-31-24(19-7-3-2-4-8-19)25(35-17)26(34)32-16-14-27(28,29)22(32)13-12-21(33)20-11-5-9-18-10-6-15-30-23(18)20/h2-11,15,22H,12-14,16H2,1H3/t22-/m1/s1. The molecule has 1 fully saturated rings. The number of halogens is 2. The average Bonchev–Trinajstić information content (AvgIpc) is 3.41. The van der Waals surface area contributed by atoms with E-state index in [2.05, 4.69) is 9.97 Å². The van der Waals surface area contributed by atoms with E-state index in [9.17, 15) is 18.4 Å². The number of aryl methyl sites for hydroxylation is 1. The quantitative estimate of drug-likeness (QED) is 0.302. The number of alkyl halides is 2. The molecule has 0 bridgehead atoms. The molecule has 35 heavy (non-hydrogen) atoms. The summed E-state index contributed by atoms with van der Waals surface area (Å²) in [7, 11) is 0. The Morgan fingerprint density at radius 3 is 2.66 bits per heavy atom. The first-order valence-electron chi connectivity index (χ1n) is 11.4. The number of carbonyl (C=O) groups is 2. The van der Waals surface area contributed by atoms with E-state index in [0.29, 0.717) is 26.7 Å². The smallest absolute Gasteiger partial charge is 0.269 e. The molecule has 5 nitrogen and oxygen atoms in total. The molecule has 0 aliphatic carbocycles. The third kappa shape index (κ3) is 4.46. The molecule has 8 heteroatoms. The molecule has 4 aromatic rings. The zero-order chi connectivity index (χ0) is 24.6. The third-order valence-corrected chi connectivity index (χ3v) is 7.32. The maximum Gasteiger partial charge on any atom is 0.269 e. The van der Waals surface area contributed by atoms with Crippen LogP contribution < -0.4 is 0 Å². The second-order valence-electron chi connectivity index (χ2n) is 8.64. The first-order chi connectivity index (χ1) is 16.8. The van der Waals surface area contributed by atoms with E-state index in [1.165, 1.54) is 16.2 Å². The van der Waals surface area contributed by atoms with Crippen molar-refractivity contribution in [3.63, 3.8) is 0 Å². The predicted octanol–water partition coefficient (Wildman–Crippen LogP) is 6.18. The van der Waals surface area contributed by atoms with Crippen LogP contribution in [0.4, 0.5) is 8.78 Å². The summed E-state index contributed by atoms with van der Waals surface area (Å²) in [6, 6.07) is 16.8. The van der Waals surface area contributed by atoms with Gasteiger partial charge in [0, 0.05) is 42.1 Å². The molecule has 178 valence electrons. The minimum Gasteiger partial charge on any atom is -0.329 e. The van der Waals surface area contributed by atoms with Gasteiger partial charge >= 0.3 is 0 Å². The molecule has 1 aliphatic rings. The number of para-hydroxylation sites is 1. The first-order valence-corrected chi connectivity index (χ1v) is 12.3. The fourth-order valence-corrected chi connectivity index (χ4v) is 5.55. The van der Waals surface area contributed by atoms with Crippen LogP contribution in [-0.4, -0.2) is 45.1 Å². The van der Waals surface area contributed by atoms with Gasteiger partial charge in [0.2, 0.25) is 0 Å². The lowest BCUT2D eigenvalue weighted by molar-refractivity contribution is -0.0320. The monoisotopic (exact) mass is 491 g/mol. The molecule has 3 heterocycles. The van der Waals surface area contributed by atoms with Gasteiger partial charge < -0.3 is 4.90 Å². The fourth-order valence-electron chi connectivity index (χ4n) is 4.66. The Morgan fingerprint density at radius 2 is 1.86 bits per heavy atom. The SMILES string of the molecule is Cc1nc(-c2ccccc2)c(C(=O)N2CCC(F)(F)[C@H]2CCC(=O)c2cccc3cccnc23)s1. The van der Waals surface area contributed by atoms with Crippen molar-refractivity contribution >= 4 is 33.9 Å². The fraction of sp³-hybridized carbons (Fsp3) is 0.259. The van der Waals surface area contributed by atoms with Crippen molar-refractivity contribution in [2.24, 2.45) is 0 Å². The molecule has 1 saturated heterocycles. The van der Waals surface area contributed by atoms with E-state index in [-0.39, 0.29) is 25.2 Å². The van der Waals surface area contributed by atoms with Gasteiger partial charge in [-0.2, -0.15) is 0 Å². The van der Waals surface area contributed by atoms with Crippen molar-refractivity contribution < 1.29 is 18.4 Å². The minimum absolute atomic E-state index is 0.0638. The molecule has 2 aromatic heterocycles. The summed E-state index contributed by atoms with van der Waals surface area (Å²) < 4.78 is 29.9. The predicted molar refractivity (Wildman–Crippen MR) is 132 cm³/mol. The molecule has 1 aliphatic heterocycles. The van der Waals surface area contributed by atoms with Gasteiger partial charge in [-0.1, -0.05) is 48.5 Å². The molecular weight excluding hydrogens is 468 g/mol. The number of aromatic nitrogens is 2. The van der Waals surface area contributed by atoms with Crippen LogP contribution in [-0.2, 0) is 0 Å². The maximum atomic E-state index is 14.9. The number of pyridine rings is 1. The molecule has 0 N–H and O–H groups in total. The molecule has 0 unspecified atom stereocenters. The first kappa shape index (κ1) is 23.2. The van der Waals surface area contributed by atoms with Gasteiger partial charge in [-0.3, -0.25) is 14.6 Å². The Balaban J connectivity index is 1.39. The number of rotatable bonds is 6. The summed E-state index contributed by atoms with van der Waals surface area (Å²) in [5.74, 6) is -3.79. The van der Waals surface area contributed by atoms with E-state index in [0.717, 1.165) is 10.9 Å². The highest BCUT2D eigenvalue weighted by atomic mass is 32.1. The van der Waals surface area contributed by atoms with Crippen LogP contribution in [0.15, 0.2) is 66.9 Å². The van der Waals surface area contributed by atoms with Crippen molar-refractivity contribution in [1.82, 2.24) is 14.9 Å². The topological polar surface area (TPSA) is 63.2 Å². The zero-order valence-corrected chi connectivity index (χ0v) is 19.9. The lowest BCUT2D eigenvalue weighted by Crippen LogP contribution is -2.42. The molecule has 2 aromatic carbocycles. The second kappa shape index (κ2) is 9.26. The van der Waals surface area contributed by atoms with Gasteiger partial charge in [0.25, 0.3) is 11.8 Å². The van der Waals surface area contributed by atoms with Crippen LogP contribution >= 0.6 is 11.3 Å². The lowest BCUT2D eigenvalue weighted by atomic mass is 9.98. The van der Waals surface area contributed by atoms with Crippen molar-refractivity contribution in [2.75, 3.05) is 6.54 Å². The van der Waals surface area contributed by atoms with Gasteiger partial charge in [0.1, 0.15) is 4.88 Å². The van der Waals surface area contributed by atoms with Crippen LogP contribution in [0.5, 0.6) is 0 Å². The van der Waals surface area contributed by atoms with Gasteiger partial charge in [-0.15, -0.1) is 11.3 Å². The largest absolute Gasteiger partial charge is 0.329 e. The number of Topliss-reactive ketones (excluding diaryl/α,β-unsaturated/α-hetero) is 1. The summed E-state index contributed by atoms with van der Waals surface area (Å²) >= 11 is 1.21. The third-order valence-electron chi connectivity index (χ3n) is 6.36. The number of fused-ring (bicyclic) bond motifs is 1. The van der Waals surface area contributed by atoms with Crippen LogP contribution in [0.2, 0.25) is 0 Å². The Bertz CT molecular complexity index is 1400. The minimum atomic E-state index is -3.07. The number of thiazole rings is 1. The van der Waals surface area contributed by atoms with E-state index in [1.807, 2.05) is 42.5 Å². The summed E-state index contributed by atoms with van der Waals surface area (Å²) in [6.45, 7) is 1.73. The van der Waals surface area contributed by atoms with Crippen molar-refractivity contribution in [3.05, 3.63) is 82.3 Å². The maximum absolute atomic E-state index is 14.9. The highest BCUT2D eigenvalue weighted by Crippen LogP contribution is 2.39. The van der Waals surface area contributed by atoms with Gasteiger partial charge in [0.05, 0.1) is 22.3 Å². The van der Waals surface area contributed by atoms with Crippen LogP contribution in [0.25, 0.3) is 22.2 Å². The highest BCUT2D eigenvalue weighted by Gasteiger charge is 2.51. The van der Waals surface area contributed by atoms with Gasteiger partial charge in [-0.25, -0.2) is 13.8 Å². The van der Waals surface area contributed by atoms with E-state index in [4.69, 9.17) is 0 Å². The van der Waals surface area contributed by atoms with Crippen molar-refractivity contribution in [3.8, 4) is 11.3 Å². The van der Waals surface area contributed by atoms with E-state index < -0.39 is 24.3 Å². The number of amides is 1. The highest BCUT2D eigenvalue weighted by molar-refractivity contribution is 7.14. The van der Waals surface area contributed by atoms with E-state index in [1.54, 1.807) is 31.3 Å². The second-order valence-corrected chi connectivity index (χ2v) is 9.85. The van der Waals surface area contributed by atoms with Crippen LogP contribution in [0.3, 0.4) is 0 Å². The Morgan fingerprint density at radius 1 is 1.09 bits per heavy atom. The summed E-state index contributed by atoms with van der Waals surface area (Å²) in [4.78, 5) is 36.9. The molecule has 0 radical (unpaired) electrons. The van der Waals surface area contributed by atoms with Crippen molar-refractivity contribution in [1.29, 1.82) is 0 Å². The average molecular weight is 492 g/mol. The molecule has 0 spiro atoms. The molecule has 1 amide bonds. The lowest BCUT2D eigenvalue weighted by Gasteiger charge is -2.27. The van der Waals surface area contributed by atoms with Gasteiger partial charge in [-0.05, 0) is 25.5 Å². The number of nitrogens with zero attached hydrogens (tertiary/aromatic N) is 3.